The van der Waals surface area contributed by atoms with Crippen LogP contribution in [0.4, 0.5) is 9.18 Å². The first-order valence-electron chi connectivity index (χ1n) is 9.03. The number of halogens is 2. The Morgan fingerprint density at radius 3 is 2.65 bits per heavy atom. The highest BCUT2D eigenvalue weighted by atomic mass is 127. The van der Waals surface area contributed by atoms with E-state index in [-0.39, 0.29) is 18.0 Å². The van der Waals surface area contributed by atoms with Gasteiger partial charge in [-0.15, -0.1) is 0 Å². The number of hydrogen-bond acceptors (Lipinski definition) is 4. The number of amides is 1. The molecule has 0 bridgehead atoms. The zero-order valence-electron chi connectivity index (χ0n) is 15.6. The van der Waals surface area contributed by atoms with Crippen LogP contribution in [0.1, 0.15) is 38.0 Å². The van der Waals surface area contributed by atoms with E-state index in [9.17, 15) is 9.18 Å². The van der Waals surface area contributed by atoms with Crippen molar-refractivity contribution in [1.82, 2.24) is 9.80 Å². The second-order valence-electron chi connectivity index (χ2n) is 7.81. The molecule has 1 aromatic carbocycles. The molecule has 1 amide bonds. The van der Waals surface area contributed by atoms with Gasteiger partial charge in [0.25, 0.3) is 0 Å². The molecule has 1 aromatic rings. The lowest BCUT2D eigenvalue weighted by atomic mass is 9.97. The molecule has 0 spiro atoms. The van der Waals surface area contributed by atoms with E-state index in [4.69, 9.17) is 9.47 Å². The maximum absolute atomic E-state index is 13.8. The van der Waals surface area contributed by atoms with Crippen LogP contribution in [0.5, 0.6) is 0 Å². The van der Waals surface area contributed by atoms with E-state index < -0.39 is 5.60 Å². The summed E-state index contributed by atoms with van der Waals surface area (Å²) in [5.41, 5.74) is 1.70. The van der Waals surface area contributed by atoms with Crippen LogP contribution in [0.25, 0.3) is 0 Å². The minimum Gasteiger partial charge on any atom is -0.444 e. The highest BCUT2D eigenvalue weighted by Crippen LogP contribution is 2.32. The molecule has 144 valence electrons. The normalized spacial score (nSPS) is 21.4. The zero-order chi connectivity index (χ0) is 18.9. The highest BCUT2D eigenvalue weighted by molar-refractivity contribution is 14.1. The van der Waals surface area contributed by atoms with Crippen molar-refractivity contribution in [1.29, 1.82) is 0 Å². The van der Waals surface area contributed by atoms with Crippen LogP contribution < -0.4 is 0 Å². The molecule has 1 fully saturated rings. The topological polar surface area (TPSA) is 42.0 Å². The molecule has 2 aliphatic heterocycles. The lowest BCUT2D eigenvalue weighted by molar-refractivity contribution is -0.00664. The van der Waals surface area contributed by atoms with Crippen molar-refractivity contribution in [2.45, 2.75) is 38.9 Å². The number of carbonyl (C=O) groups excluding carboxylic acids is 1. The summed E-state index contributed by atoms with van der Waals surface area (Å²) in [6.45, 7) is 9.88. The molecule has 26 heavy (non-hydrogen) atoms. The lowest BCUT2D eigenvalue weighted by Crippen LogP contribution is -2.51. The van der Waals surface area contributed by atoms with Crippen molar-refractivity contribution >= 4 is 28.7 Å². The Balaban J connectivity index is 1.58. The summed E-state index contributed by atoms with van der Waals surface area (Å²) in [4.78, 5) is 16.2. The quantitative estimate of drug-likeness (QED) is 0.612. The Hall–Kier alpha value is -0.930. The van der Waals surface area contributed by atoms with Gasteiger partial charge in [-0.25, -0.2) is 9.18 Å². The summed E-state index contributed by atoms with van der Waals surface area (Å²) < 4.78 is 25.9. The molecule has 0 N–H and O–H groups in total. The molecule has 2 heterocycles. The van der Waals surface area contributed by atoms with Crippen LogP contribution in [-0.2, 0) is 15.9 Å². The van der Waals surface area contributed by atoms with Crippen LogP contribution in [0.15, 0.2) is 12.1 Å². The van der Waals surface area contributed by atoms with Crippen LogP contribution >= 0.6 is 22.6 Å². The third-order valence-corrected chi connectivity index (χ3v) is 5.86. The van der Waals surface area contributed by atoms with Crippen molar-refractivity contribution in [3.8, 4) is 0 Å². The second kappa shape index (κ2) is 7.98. The molecule has 0 aromatic heterocycles. The molecular weight excluding hydrogens is 450 g/mol. The monoisotopic (exact) mass is 476 g/mol. The summed E-state index contributed by atoms with van der Waals surface area (Å²) in [6, 6.07) is 3.39. The van der Waals surface area contributed by atoms with Crippen molar-refractivity contribution in [3.05, 3.63) is 32.6 Å². The van der Waals surface area contributed by atoms with Crippen LogP contribution in [-0.4, -0.2) is 60.8 Å². The van der Waals surface area contributed by atoms with Crippen molar-refractivity contribution in [2.75, 3.05) is 39.3 Å². The van der Waals surface area contributed by atoms with E-state index in [1.807, 2.05) is 26.8 Å². The molecule has 2 aliphatic rings. The Morgan fingerprint density at radius 2 is 2.00 bits per heavy atom. The molecule has 0 aliphatic carbocycles. The van der Waals surface area contributed by atoms with E-state index in [2.05, 4.69) is 27.5 Å². The van der Waals surface area contributed by atoms with Gasteiger partial charge in [-0.05, 0) is 67.0 Å². The Morgan fingerprint density at radius 1 is 1.31 bits per heavy atom. The molecule has 1 saturated heterocycles. The number of ether oxygens (including phenoxy) is 2. The summed E-state index contributed by atoms with van der Waals surface area (Å²) in [5, 5.41) is 0. The number of piperazine rings is 1. The van der Waals surface area contributed by atoms with Gasteiger partial charge in [-0.3, -0.25) is 4.90 Å². The van der Waals surface area contributed by atoms with Gasteiger partial charge in [0.15, 0.2) is 0 Å². The molecule has 7 heteroatoms. The average molecular weight is 476 g/mol. The number of rotatable bonds is 2. The molecule has 0 saturated carbocycles. The molecular formula is C19H26FIN2O3. The van der Waals surface area contributed by atoms with Crippen LogP contribution in [0.2, 0.25) is 0 Å². The average Bonchev–Trinajstić information content (AvgIpc) is 2.58. The molecule has 3 rings (SSSR count). The van der Waals surface area contributed by atoms with Gasteiger partial charge in [0, 0.05) is 32.7 Å². The molecule has 1 atom stereocenters. The van der Waals surface area contributed by atoms with Gasteiger partial charge >= 0.3 is 6.09 Å². The van der Waals surface area contributed by atoms with E-state index >= 15 is 0 Å². The Kier molecular flexibility index (Phi) is 6.08. The van der Waals surface area contributed by atoms with Crippen molar-refractivity contribution in [2.24, 2.45) is 0 Å². The minimum absolute atomic E-state index is 0.0408. The fourth-order valence-electron chi connectivity index (χ4n) is 3.38. The van der Waals surface area contributed by atoms with Crippen molar-refractivity contribution in [3.63, 3.8) is 0 Å². The molecule has 1 unspecified atom stereocenters. The third-order valence-electron chi connectivity index (χ3n) is 4.70. The van der Waals surface area contributed by atoms with E-state index in [0.717, 1.165) is 37.2 Å². The molecule has 0 radical (unpaired) electrons. The maximum atomic E-state index is 13.8. The largest absolute Gasteiger partial charge is 0.444 e. The first-order valence-corrected chi connectivity index (χ1v) is 10.1. The fraction of sp³-hybridized carbons (Fsp3) is 0.632. The van der Waals surface area contributed by atoms with Gasteiger partial charge in [0.2, 0.25) is 0 Å². The fourth-order valence-corrected chi connectivity index (χ4v) is 4.14. The van der Waals surface area contributed by atoms with Crippen LogP contribution in [0, 0.1) is 9.39 Å². The molecule has 5 nitrogen and oxygen atoms in total. The second-order valence-corrected chi connectivity index (χ2v) is 8.89. The summed E-state index contributed by atoms with van der Waals surface area (Å²) >= 11 is 2.09. The number of hydrogen-bond donors (Lipinski definition) is 0. The number of benzene rings is 1. The maximum Gasteiger partial charge on any atom is 0.410 e. The number of carbonyl (C=O) groups is 1. The van der Waals surface area contributed by atoms with E-state index in [1.165, 1.54) is 6.07 Å². The van der Waals surface area contributed by atoms with Gasteiger partial charge in [0.05, 0.1) is 16.3 Å². The van der Waals surface area contributed by atoms with Gasteiger partial charge in [-0.1, -0.05) is 6.07 Å². The van der Waals surface area contributed by atoms with Gasteiger partial charge in [0.1, 0.15) is 11.4 Å². The summed E-state index contributed by atoms with van der Waals surface area (Å²) in [5.74, 6) is -0.157. The van der Waals surface area contributed by atoms with Gasteiger partial charge < -0.3 is 14.4 Å². The summed E-state index contributed by atoms with van der Waals surface area (Å²) in [6.07, 6.45) is 0.469. The van der Waals surface area contributed by atoms with E-state index in [0.29, 0.717) is 23.3 Å². The van der Waals surface area contributed by atoms with Gasteiger partial charge in [-0.2, -0.15) is 0 Å². The van der Waals surface area contributed by atoms with E-state index in [1.54, 1.807) is 4.90 Å². The standard InChI is InChI=1S/C19H26FIN2O3/c1-19(2,3)26-18(24)23-9-7-22(8-10-23)12-16-13-4-5-15(20)17(21)14(13)6-11-25-16/h4-5,16H,6-12H2,1-3H3. The predicted molar refractivity (Wildman–Crippen MR) is 106 cm³/mol. The number of nitrogens with zero attached hydrogens (tertiary/aromatic N) is 2. The number of fused-ring (bicyclic) bond motifs is 1. The lowest BCUT2D eigenvalue weighted by Gasteiger charge is -2.38. The summed E-state index contributed by atoms with van der Waals surface area (Å²) in [7, 11) is 0. The Labute approximate surface area is 167 Å². The first kappa shape index (κ1) is 19.8. The zero-order valence-corrected chi connectivity index (χ0v) is 17.7. The third kappa shape index (κ3) is 4.67. The van der Waals surface area contributed by atoms with Crippen molar-refractivity contribution < 1.29 is 18.7 Å². The minimum atomic E-state index is -0.472. The SMILES string of the molecule is CC(C)(C)OC(=O)N1CCN(CC2OCCc3c2ccc(F)c3I)CC1. The van der Waals surface area contributed by atoms with Crippen LogP contribution in [0.3, 0.4) is 0 Å². The first-order chi connectivity index (χ1) is 12.2. The smallest absolute Gasteiger partial charge is 0.410 e. The predicted octanol–water partition coefficient (Wildman–Crippen LogP) is 3.60. The highest BCUT2D eigenvalue weighted by Gasteiger charge is 2.29. The Bertz CT molecular complexity index is 669.